The van der Waals surface area contributed by atoms with Crippen LogP contribution in [-0.4, -0.2) is 73.8 Å². The number of amides is 1. The Hall–Kier alpha value is -3.86. The number of fused-ring (bicyclic) bond motifs is 1. The standard InChI is InChI=1S/C29H38FN5O5/c1-39-25-19-21-23(20-26(25)40-2)32-29(38)35(28(21)37)14-7-3-4-11-27(36)31-12-8-13-33-15-17-34(18-16-33)24-10-6-5-9-22(24)30/h5-6,9-10,19-20H,3-4,7-8,11-18H2,1-2H3,(H,31,36)(H,32,38). The minimum Gasteiger partial charge on any atom is -0.493 e. The summed E-state index contributed by atoms with van der Waals surface area (Å²) in [6.45, 7) is 5.08. The van der Waals surface area contributed by atoms with Gasteiger partial charge in [0.15, 0.2) is 11.5 Å². The highest BCUT2D eigenvalue weighted by Crippen LogP contribution is 2.29. The molecule has 2 heterocycles. The Balaban J connectivity index is 1.12. The van der Waals surface area contributed by atoms with Gasteiger partial charge in [-0.2, -0.15) is 0 Å². The number of para-hydroxylation sites is 1. The second-order valence-corrected chi connectivity index (χ2v) is 9.93. The third-order valence-corrected chi connectivity index (χ3v) is 7.31. The zero-order valence-electron chi connectivity index (χ0n) is 23.2. The number of rotatable bonds is 13. The van der Waals surface area contributed by atoms with Crippen molar-refractivity contribution in [1.82, 2.24) is 19.8 Å². The number of aromatic amines is 1. The molecule has 216 valence electrons. The molecule has 0 spiro atoms. The van der Waals surface area contributed by atoms with Crippen molar-refractivity contribution in [3.8, 4) is 11.5 Å². The molecule has 40 heavy (non-hydrogen) atoms. The lowest BCUT2D eigenvalue weighted by Crippen LogP contribution is -2.47. The Morgan fingerprint density at radius 1 is 0.950 bits per heavy atom. The van der Waals surface area contributed by atoms with Crippen LogP contribution in [0.5, 0.6) is 11.5 Å². The van der Waals surface area contributed by atoms with Gasteiger partial charge >= 0.3 is 5.69 Å². The monoisotopic (exact) mass is 555 g/mol. The average molecular weight is 556 g/mol. The van der Waals surface area contributed by atoms with Crippen molar-refractivity contribution in [2.75, 3.05) is 58.4 Å². The summed E-state index contributed by atoms with van der Waals surface area (Å²) in [5.41, 5.74) is 0.194. The fourth-order valence-electron chi connectivity index (χ4n) is 5.05. The van der Waals surface area contributed by atoms with Gasteiger partial charge in [-0.25, -0.2) is 9.18 Å². The van der Waals surface area contributed by atoms with Crippen molar-refractivity contribution >= 4 is 22.5 Å². The topological polar surface area (TPSA) is 109 Å². The van der Waals surface area contributed by atoms with Crippen LogP contribution in [0.2, 0.25) is 0 Å². The lowest BCUT2D eigenvalue weighted by Gasteiger charge is -2.36. The summed E-state index contributed by atoms with van der Waals surface area (Å²) in [7, 11) is 2.98. The van der Waals surface area contributed by atoms with Gasteiger partial charge in [0.25, 0.3) is 5.56 Å². The molecule has 10 nitrogen and oxygen atoms in total. The third-order valence-electron chi connectivity index (χ3n) is 7.31. The number of unbranched alkanes of at least 4 members (excludes halogenated alkanes) is 2. The summed E-state index contributed by atoms with van der Waals surface area (Å²) in [5, 5.41) is 3.32. The SMILES string of the molecule is COc1cc2[nH]c(=O)n(CCCCCC(=O)NCCCN3CCN(c4ccccc4F)CC3)c(=O)c2cc1OC. The lowest BCUT2D eigenvalue weighted by atomic mass is 10.1. The molecular weight excluding hydrogens is 517 g/mol. The van der Waals surface area contributed by atoms with E-state index in [2.05, 4.69) is 20.1 Å². The number of methoxy groups -OCH3 is 2. The molecule has 0 saturated carbocycles. The summed E-state index contributed by atoms with van der Waals surface area (Å²) < 4.78 is 25.7. The second kappa shape index (κ2) is 14.0. The molecule has 1 aliphatic rings. The first kappa shape index (κ1) is 29.1. The molecule has 1 fully saturated rings. The van der Waals surface area contributed by atoms with Crippen molar-refractivity contribution in [3.63, 3.8) is 0 Å². The molecule has 0 atom stereocenters. The first-order chi connectivity index (χ1) is 19.4. The predicted octanol–water partition coefficient (Wildman–Crippen LogP) is 2.74. The van der Waals surface area contributed by atoms with Crippen molar-refractivity contribution < 1.29 is 18.7 Å². The third kappa shape index (κ3) is 7.20. The molecule has 3 aromatic rings. The number of hydrogen-bond acceptors (Lipinski definition) is 7. The van der Waals surface area contributed by atoms with Crippen LogP contribution in [0.1, 0.15) is 32.1 Å². The van der Waals surface area contributed by atoms with E-state index in [0.29, 0.717) is 53.9 Å². The van der Waals surface area contributed by atoms with Crippen LogP contribution in [0.15, 0.2) is 46.0 Å². The lowest BCUT2D eigenvalue weighted by molar-refractivity contribution is -0.121. The van der Waals surface area contributed by atoms with E-state index in [-0.39, 0.29) is 23.8 Å². The van der Waals surface area contributed by atoms with Crippen molar-refractivity contribution in [2.45, 2.75) is 38.6 Å². The maximum atomic E-state index is 14.0. The van der Waals surface area contributed by atoms with E-state index < -0.39 is 5.69 Å². The fraction of sp³-hybridized carbons (Fsp3) is 0.483. The zero-order valence-corrected chi connectivity index (χ0v) is 23.2. The number of aromatic nitrogens is 2. The Labute approximate surface area is 232 Å². The normalized spacial score (nSPS) is 13.9. The van der Waals surface area contributed by atoms with Gasteiger partial charge in [-0.05, 0) is 44.0 Å². The van der Waals surface area contributed by atoms with Crippen LogP contribution >= 0.6 is 0 Å². The number of carbonyl (C=O) groups excluding carboxylic acids is 1. The molecule has 0 aliphatic carbocycles. The first-order valence-electron chi connectivity index (χ1n) is 13.8. The van der Waals surface area contributed by atoms with E-state index in [0.717, 1.165) is 45.6 Å². The molecule has 4 rings (SSSR count). The maximum Gasteiger partial charge on any atom is 0.328 e. The number of benzene rings is 2. The minimum atomic E-state index is -0.476. The maximum absolute atomic E-state index is 14.0. The van der Waals surface area contributed by atoms with Crippen LogP contribution in [-0.2, 0) is 11.3 Å². The summed E-state index contributed by atoms with van der Waals surface area (Å²) in [6, 6.07) is 10.0. The van der Waals surface area contributed by atoms with Crippen LogP contribution in [0.25, 0.3) is 10.9 Å². The number of piperazine rings is 1. The number of nitrogens with one attached hydrogen (secondary N) is 2. The first-order valence-corrected chi connectivity index (χ1v) is 13.8. The van der Waals surface area contributed by atoms with E-state index in [9.17, 15) is 18.8 Å². The summed E-state index contributed by atoms with van der Waals surface area (Å²) >= 11 is 0. The van der Waals surface area contributed by atoms with E-state index in [1.165, 1.54) is 24.9 Å². The van der Waals surface area contributed by atoms with E-state index in [1.54, 1.807) is 18.2 Å². The number of carbonyl (C=O) groups is 1. The summed E-state index contributed by atoms with van der Waals surface area (Å²) in [6.07, 6.45) is 3.26. The van der Waals surface area contributed by atoms with Gasteiger partial charge < -0.3 is 24.7 Å². The van der Waals surface area contributed by atoms with Gasteiger partial charge in [0.1, 0.15) is 5.82 Å². The van der Waals surface area contributed by atoms with Gasteiger partial charge in [-0.15, -0.1) is 0 Å². The molecule has 11 heteroatoms. The number of H-pyrrole nitrogens is 1. The molecule has 2 N–H and O–H groups in total. The molecule has 1 amide bonds. The number of anilines is 1. The summed E-state index contributed by atoms with van der Waals surface area (Å²) in [5.74, 6) is 0.670. The van der Waals surface area contributed by atoms with Crippen LogP contribution in [0.3, 0.4) is 0 Å². The van der Waals surface area contributed by atoms with Gasteiger partial charge in [0, 0.05) is 51.8 Å². The molecule has 0 radical (unpaired) electrons. The highest BCUT2D eigenvalue weighted by atomic mass is 19.1. The second-order valence-electron chi connectivity index (χ2n) is 9.93. The minimum absolute atomic E-state index is 0.00568. The average Bonchev–Trinajstić information content (AvgIpc) is 2.96. The Kier molecular flexibility index (Phi) is 10.2. The quantitative estimate of drug-likeness (QED) is 0.312. The van der Waals surface area contributed by atoms with Crippen molar-refractivity contribution in [2.24, 2.45) is 0 Å². The number of nitrogens with zero attached hydrogens (tertiary/aromatic N) is 3. The van der Waals surface area contributed by atoms with E-state index in [4.69, 9.17) is 9.47 Å². The molecule has 1 aliphatic heterocycles. The predicted molar refractivity (Wildman–Crippen MR) is 153 cm³/mol. The molecular formula is C29H38FN5O5. The van der Waals surface area contributed by atoms with Crippen LogP contribution in [0.4, 0.5) is 10.1 Å². The highest BCUT2D eigenvalue weighted by Gasteiger charge is 2.19. The van der Waals surface area contributed by atoms with E-state index in [1.807, 2.05) is 12.1 Å². The fourth-order valence-corrected chi connectivity index (χ4v) is 5.05. The number of hydrogen-bond donors (Lipinski definition) is 2. The number of ether oxygens (including phenoxy) is 2. The molecule has 1 saturated heterocycles. The van der Waals surface area contributed by atoms with Crippen molar-refractivity contribution in [3.05, 3.63) is 63.1 Å². The van der Waals surface area contributed by atoms with Crippen LogP contribution in [0, 0.1) is 5.82 Å². The Morgan fingerprint density at radius 3 is 2.40 bits per heavy atom. The van der Waals surface area contributed by atoms with Crippen LogP contribution < -0.4 is 30.9 Å². The molecule has 0 unspecified atom stereocenters. The zero-order chi connectivity index (χ0) is 28.5. The van der Waals surface area contributed by atoms with Gasteiger partial charge in [-0.3, -0.25) is 19.1 Å². The highest BCUT2D eigenvalue weighted by molar-refractivity contribution is 5.81. The van der Waals surface area contributed by atoms with Gasteiger partial charge in [0.05, 0.1) is 30.8 Å². The van der Waals surface area contributed by atoms with Crippen molar-refractivity contribution in [1.29, 1.82) is 0 Å². The van der Waals surface area contributed by atoms with E-state index >= 15 is 0 Å². The van der Waals surface area contributed by atoms with Gasteiger partial charge in [-0.1, -0.05) is 18.6 Å². The smallest absolute Gasteiger partial charge is 0.328 e. The molecule has 1 aromatic heterocycles. The van der Waals surface area contributed by atoms with Gasteiger partial charge in [0.2, 0.25) is 5.91 Å². The largest absolute Gasteiger partial charge is 0.493 e. The number of halogens is 1. The Morgan fingerprint density at radius 2 is 1.68 bits per heavy atom. The molecule has 0 bridgehead atoms. The Bertz CT molecular complexity index is 1410. The molecule has 2 aromatic carbocycles. The summed E-state index contributed by atoms with van der Waals surface area (Å²) in [4.78, 5) is 44.8.